The van der Waals surface area contributed by atoms with Crippen molar-refractivity contribution in [1.29, 1.82) is 0 Å². The molecule has 5 nitrogen and oxygen atoms in total. The molecule has 2 amide bonds. The molecule has 0 unspecified atom stereocenters. The van der Waals surface area contributed by atoms with Crippen molar-refractivity contribution in [2.24, 2.45) is 5.41 Å². The maximum atomic E-state index is 12.0. The van der Waals surface area contributed by atoms with Gasteiger partial charge in [-0.25, -0.2) is 4.79 Å². The molecule has 0 aromatic carbocycles. The fourth-order valence-electron chi connectivity index (χ4n) is 1.52. The molecule has 0 aromatic rings. The predicted octanol–water partition coefficient (Wildman–Crippen LogP) is 1.68. The molecule has 1 aliphatic carbocycles. The summed E-state index contributed by atoms with van der Waals surface area (Å²) >= 11 is 0. The Balaban J connectivity index is 2.56. The molecular weight excluding hydrogens is 220 g/mol. The second kappa shape index (κ2) is 4.55. The summed E-state index contributed by atoms with van der Waals surface area (Å²) in [6, 6.07) is -0.298. The van der Waals surface area contributed by atoms with Gasteiger partial charge in [-0.2, -0.15) is 0 Å². The zero-order valence-electron chi connectivity index (χ0n) is 11.0. The van der Waals surface area contributed by atoms with E-state index in [0.717, 1.165) is 12.8 Å². The fraction of sp³-hybridized carbons (Fsp3) is 0.833. The Bertz CT molecular complexity index is 316. The first-order valence-electron chi connectivity index (χ1n) is 5.91. The van der Waals surface area contributed by atoms with E-state index in [0.29, 0.717) is 6.54 Å². The first-order valence-corrected chi connectivity index (χ1v) is 5.91. The third-order valence-electron chi connectivity index (χ3n) is 3.12. The highest BCUT2D eigenvalue weighted by molar-refractivity contribution is 5.80. The van der Waals surface area contributed by atoms with Gasteiger partial charge in [0.2, 0.25) is 0 Å². The maximum Gasteiger partial charge on any atom is 0.323 e. The minimum atomic E-state index is -0.993. The summed E-state index contributed by atoms with van der Waals surface area (Å²) < 4.78 is 0. The predicted molar refractivity (Wildman–Crippen MR) is 64.8 cm³/mol. The van der Waals surface area contributed by atoms with E-state index in [-0.39, 0.29) is 18.0 Å². The molecule has 0 saturated heterocycles. The Labute approximate surface area is 102 Å². The average molecular weight is 242 g/mol. The van der Waals surface area contributed by atoms with E-state index in [1.54, 1.807) is 0 Å². The van der Waals surface area contributed by atoms with Crippen molar-refractivity contribution in [3.63, 3.8) is 0 Å². The number of carboxylic acids is 1. The molecule has 98 valence electrons. The second-order valence-corrected chi connectivity index (χ2v) is 6.12. The van der Waals surface area contributed by atoms with Crippen molar-refractivity contribution in [1.82, 2.24) is 10.2 Å². The lowest BCUT2D eigenvalue weighted by atomic mass is 10.1. The molecule has 0 heterocycles. The van der Waals surface area contributed by atoms with Gasteiger partial charge in [-0.15, -0.1) is 0 Å². The molecule has 1 rings (SSSR count). The third-order valence-corrected chi connectivity index (χ3v) is 3.12. The fourth-order valence-corrected chi connectivity index (χ4v) is 1.52. The van der Waals surface area contributed by atoms with Gasteiger partial charge in [0.05, 0.1) is 0 Å². The summed E-state index contributed by atoms with van der Waals surface area (Å²) in [6.45, 7) is 7.95. The lowest BCUT2D eigenvalue weighted by Gasteiger charge is -2.34. The summed E-state index contributed by atoms with van der Waals surface area (Å²) in [5.74, 6) is -0.993. The standard InChI is InChI=1S/C12H22N2O3/c1-11(2,3)14(7-9(15)16)10(17)13-8-12(4)5-6-12/h5-8H2,1-4H3,(H,13,17)(H,15,16). The van der Waals surface area contributed by atoms with Crippen molar-refractivity contribution in [3.8, 4) is 0 Å². The molecule has 0 aromatic heterocycles. The Morgan fingerprint density at radius 2 is 1.88 bits per heavy atom. The number of nitrogens with one attached hydrogen (secondary N) is 1. The molecule has 0 spiro atoms. The highest BCUT2D eigenvalue weighted by Gasteiger charge is 2.38. The molecule has 1 aliphatic rings. The monoisotopic (exact) mass is 242 g/mol. The minimum absolute atomic E-state index is 0.225. The average Bonchev–Trinajstić information content (AvgIpc) is 2.88. The van der Waals surface area contributed by atoms with Crippen molar-refractivity contribution in [2.75, 3.05) is 13.1 Å². The summed E-state index contributed by atoms with van der Waals surface area (Å²) in [7, 11) is 0. The van der Waals surface area contributed by atoms with Gasteiger partial charge >= 0.3 is 12.0 Å². The van der Waals surface area contributed by atoms with Crippen LogP contribution in [-0.2, 0) is 4.79 Å². The Kier molecular flexibility index (Phi) is 3.69. The zero-order valence-corrected chi connectivity index (χ0v) is 11.0. The van der Waals surface area contributed by atoms with Crippen molar-refractivity contribution in [3.05, 3.63) is 0 Å². The smallest absolute Gasteiger partial charge is 0.323 e. The molecule has 2 N–H and O–H groups in total. The number of rotatable bonds is 4. The van der Waals surface area contributed by atoms with Gasteiger partial charge in [0.1, 0.15) is 6.54 Å². The van der Waals surface area contributed by atoms with Crippen LogP contribution in [0.2, 0.25) is 0 Å². The lowest BCUT2D eigenvalue weighted by Crippen LogP contribution is -2.53. The second-order valence-electron chi connectivity index (χ2n) is 6.12. The van der Waals surface area contributed by atoms with Gasteiger partial charge in [-0.1, -0.05) is 6.92 Å². The Hall–Kier alpha value is -1.26. The summed E-state index contributed by atoms with van der Waals surface area (Å²) in [5, 5.41) is 11.6. The molecule has 0 aliphatic heterocycles. The third kappa shape index (κ3) is 4.24. The number of hydrogen-bond donors (Lipinski definition) is 2. The summed E-state index contributed by atoms with van der Waals surface area (Å²) in [6.07, 6.45) is 2.25. The van der Waals surface area contributed by atoms with E-state index in [2.05, 4.69) is 12.2 Å². The number of carbonyl (C=O) groups is 2. The van der Waals surface area contributed by atoms with Crippen molar-refractivity contribution >= 4 is 12.0 Å². The number of hydrogen-bond acceptors (Lipinski definition) is 2. The molecular formula is C12H22N2O3. The molecule has 0 bridgehead atoms. The number of amides is 2. The van der Waals surface area contributed by atoms with Crippen LogP contribution in [0.15, 0.2) is 0 Å². The first-order chi connectivity index (χ1) is 7.64. The minimum Gasteiger partial charge on any atom is -0.480 e. The Morgan fingerprint density at radius 3 is 2.24 bits per heavy atom. The van der Waals surface area contributed by atoms with Gasteiger partial charge in [0, 0.05) is 12.1 Å². The summed E-state index contributed by atoms with van der Waals surface area (Å²) in [4.78, 5) is 24.1. The topological polar surface area (TPSA) is 69.6 Å². The molecule has 0 radical (unpaired) electrons. The normalized spacial score (nSPS) is 17.4. The molecule has 5 heteroatoms. The lowest BCUT2D eigenvalue weighted by molar-refractivity contribution is -0.138. The van der Waals surface area contributed by atoms with Crippen LogP contribution < -0.4 is 5.32 Å². The number of carbonyl (C=O) groups excluding carboxylic acids is 1. The van der Waals surface area contributed by atoms with E-state index in [4.69, 9.17) is 5.11 Å². The van der Waals surface area contributed by atoms with Crippen molar-refractivity contribution in [2.45, 2.75) is 46.1 Å². The van der Waals surface area contributed by atoms with Gasteiger partial charge in [0.15, 0.2) is 0 Å². The van der Waals surface area contributed by atoms with Gasteiger partial charge in [-0.05, 0) is 39.0 Å². The number of carboxylic acid groups (broad SMARTS) is 1. The van der Waals surface area contributed by atoms with E-state index in [9.17, 15) is 9.59 Å². The highest BCUT2D eigenvalue weighted by atomic mass is 16.4. The number of aliphatic carboxylic acids is 1. The zero-order chi connectivity index (χ0) is 13.3. The van der Waals surface area contributed by atoms with Crippen molar-refractivity contribution < 1.29 is 14.7 Å². The van der Waals surface area contributed by atoms with Crippen LogP contribution in [-0.4, -0.2) is 40.6 Å². The molecule has 1 fully saturated rings. The van der Waals surface area contributed by atoms with E-state index < -0.39 is 11.5 Å². The van der Waals surface area contributed by atoms with Crippen LogP contribution in [0.1, 0.15) is 40.5 Å². The highest BCUT2D eigenvalue weighted by Crippen LogP contribution is 2.44. The van der Waals surface area contributed by atoms with Crippen LogP contribution in [0.25, 0.3) is 0 Å². The SMILES string of the molecule is CC1(CNC(=O)N(CC(=O)O)C(C)(C)C)CC1. The van der Waals surface area contributed by atoms with Crippen LogP contribution in [0.5, 0.6) is 0 Å². The Morgan fingerprint density at radius 1 is 1.35 bits per heavy atom. The maximum absolute atomic E-state index is 12.0. The summed E-state index contributed by atoms with van der Waals surface area (Å²) in [5.41, 5.74) is -0.268. The van der Waals surface area contributed by atoms with Crippen LogP contribution in [0.3, 0.4) is 0 Å². The molecule has 0 atom stereocenters. The van der Waals surface area contributed by atoms with Crippen LogP contribution in [0, 0.1) is 5.41 Å². The van der Waals surface area contributed by atoms with Crippen LogP contribution >= 0.6 is 0 Å². The van der Waals surface area contributed by atoms with Gasteiger partial charge in [-0.3, -0.25) is 4.79 Å². The number of nitrogens with zero attached hydrogens (tertiary/aromatic N) is 1. The van der Waals surface area contributed by atoms with E-state index in [1.165, 1.54) is 4.90 Å². The molecule has 17 heavy (non-hydrogen) atoms. The van der Waals surface area contributed by atoms with Gasteiger partial charge in [0.25, 0.3) is 0 Å². The van der Waals surface area contributed by atoms with E-state index in [1.807, 2.05) is 20.8 Å². The largest absolute Gasteiger partial charge is 0.480 e. The van der Waals surface area contributed by atoms with Crippen LogP contribution in [0.4, 0.5) is 4.79 Å². The van der Waals surface area contributed by atoms with E-state index >= 15 is 0 Å². The number of urea groups is 1. The van der Waals surface area contributed by atoms with Gasteiger partial charge < -0.3 is 15.3 Å². The first kappa shape index (κ1) is 13.8. The quantitative estimate of drug-likeness (QED) is 0.788. The molecule has 1 saturated carbocycles.